The molecule has 1 nitrogen and oxygen atoms in total. The van der Waals surface area contributed by atoms with Gasteiger partial charge in [-0.2, -0.15) is 0 Å². The standard InChI is InChI=1S/C8H6BrClO/c9-6-3-5(8-4-11-8)1-2-7(6)10/h1-3,8H,4H2. The summed E-state index contributed by atoms with van der Waals surface area (Å²) >= 11 is 9.17. The van der Waals surface area contributed by atoms with Crippen LogP contribution in [0.3, 0.4) is 0 Å². The van der Waals surface area contributed by atoms with E-state index in [0.29, 0.717) is 6.10 Å². The first kappa shape index (κ1) is 7.59. The molecule has 0 aromatic heterocycles. The number of epoxide rings is 1. The van der Waals surface area contributed by atoms with Gasteiger partial charge in [0.05, 0.1) is 11.6 Å². The monoisotopic (exact) mass is 232 g/mol. The average Bonchev–Trinajstić information content (AvgIpc) is 2.77. The summed E-state index contributed by atoms with van der Waals surface area (Å²) in [6.07, 6.45) is 0.309. The van der Waals surface area contributed by atoms with E-state index in [9.17, 15) is 0 Å². The lowest BCUT2D eigenvalue weighted by Gasteiger charge is -1.98. The van der Waals surface area contributed by atoms with Gasteiger partial charge in [-0.1, -0.05) is 17.7 Å². The largest absolute Gasteiger partial charge is 0.368 e. The SMILES string of the molecule is Clc1ccc(C2CO2)cc1Br. The molecule has 1 fully saturated rings. The minimum absolute atomic E-state index is 0.309. The van der Waals surface area contributed by atoms with E-state index < -0.39 is 0 Å². The normalized spacial score (nSPS) is 21.8. The Bertz CT molecular complexity index is 283. The summed E-state index contributed by atoms with van der Waals surface area (Å²) in [5, 5.41) is 0.745. The Morgan fingerprint density at radius 3 is 2.82 bits per heavy atom. The van der Waals surface area contributed by atoms with Crippen molar-refractivity contribution < 1.29 is 4.74 Å². The Morgan fingerprint density at radius 1 is 1.55 bits per heavy atom. The number of rotatable bonds is 1. The van der Waals surface area contributed by atoms with E-state index in [4.69, 9.17) is 16.3 Å². The summed E-state index contributed by atoms with van der Waals surface area (Å²) in [5.74, 6) is 0. The second kappa shape index (κ2) is 2.77. The molecule has 1 aromatic carbocycles. The molecule has 0 radical (unpaired) electrons. The molecule has 1 aliphatic rings. The lowest BCUT2D eigenvalue weighted by Crippen LogP contribution is -1.79. The molecule has 0 N–H and O–H groups in total. The van der Waals surface area contributed by atoms with Crippen molar-refractivity contribution in [3.05, 3.63) is 33.3 Å². The maximum absolute atomic E-state index is 5.82. The van der Waals surface area contributed by atoms with Crippen LogP contribution in [0.2, 0.25) is 5.02 Å². The van der Waals surface area contributed by atoms with Gasteiger partial charge in [0.2, 0.25) is 0 Å². The fourth-order valence-corrected chi connectivity index (χ4v) is 1.47. The fraction of sp³-hybridized carbons (Fsp3) is 0.250. The van der Waals surface area contributed by atoms with Gasteiger partial charge < -0.3 is 4.74 Å². The molecular weight excluding hydrogens is 227 g/mol. The van der Waals surface area contributed by atoms with Crippen molar-refractivity contribution in [1.29, 1.82) is 0 Å². The van der Waals surface area contributed by atoms with E-state index in [1.165, 1.54) is 5.56 Å². The zero-order valence-electron chi connectivity index (χ0n) is 5.68. The molecule has 0 aliphatic carbocycles. The third-order valence-electron chi connectivity index (χ3n) is 1.65. The van der Waals surface area contributed by atoms with E-state index in [-0.39, 0.29) is 0 Å². The Morgan fingerprint density at radius 2 is 2.27 bits per heavy atom. The first-order chi connectivity index (χ1) is 5.27. The second-order valence-electron chi connectivity index (χ2n) is 2.50. The van der Waals surface area contributed by atoms with Gasteiger partial charge in [-0.3, -0.25) is 0 Å². The number of benzene rings is 1. The van der Waals surface area contributed by atoms with Crippen LogP contribution in [-0.4, -0.2) is 6.61 Å². The maximum atomic E-state index is 5.82. The van der Waals surface area contributed by atoms with E-state index in [0.717, 1.165) is 16.1 Å². The Labute approximate surface area is 78.4 Å². The molecule has 0 bridgehead atoms. The highest BCUT2D eigenvalue weighted by molar-refractivity contribution is 9.10. The molecule has 0 saturated carbocycles. The molecule has 11 heavy (non-hydrogen) atoms. The van der Waals surface area contributed by atoms with E-state index >= 15 is 0 Å². The van der Waals surface area contributed by atoms with Crippen LogP contribution in [0.4, 0.5) is 0 Å². The van der Waals surface area contributed by atoms with E-state index in [2.05, 4.69) is 15.9 Å². The highest BCUT2D eigenvalue weighted by atomic mass is 79.9. The lowest BCUT2D eigenvalue weighted by atomic mass is 10.2. The summed E-state index contributed by atoms with van der Waals surface area (Å²) in [5.41, 5.74) is 1.20. The van der Waals surface area contributed by atoms with Gasteiger partial charge in [0.15, 0.2) is 0 Å². The zero-order valence-corrected chi connectivity index (χ0v) is 8.02. The fourth-order valence-electron chi connectivity index (χ4n) is 0.953. The van der Waals surface area contributed by atoms with Crippen molar-refractivity contribution in [2.24, 2.45) is 0 Å². The molecule has 1 heterocycles. The Hall–Kier alpha value is -0.0500. The van der Waals surface area contributed by atoms with Crippen molar-refractivity contribution >= 4 is 27.5 Å². The summed E-state index contributed by atoms with van der Waals surface area (Å²) in [6.45, 7) is 0.841. The van der Waals surface area contributed by atoms with Gasteiger partial charge in [0.1, 0.15) is 6.10 Å². The van der Waals surface area contributed by atoms with Crippen LogP contribution in [0.25, 0.3) is 0 Å². The first-order valence-corrected chi connectivity index (χ1v) is 4.51. The highest BCUT2D eigenvalue weighted by Gasteiger charge is 2.24. The minimum atomic E-state index is 0.309. The quantitative estimate of drug-likeness (QED) is 0.679. The summed E-state index contributed by atoms with van der Waals surface area (Å²) in [7, 11) is 0. The Kier molecular flexibility index (Phi) is 1.91. The molecule has 58 valence electrons. The van der Waals surface area contributed by atoms with Gasteiger partial charge in [-0.05, 0) is 33.6 Å². The number of hydrogen-bond acceptors (Lipinski definition) is 1. The van der Waals surface area contributed by atoms with Gasteiger partial charge in [-0.15, -0.1) is 0 Å². The van der Waals surface area contributed by atoms with Crippen LogP contribution in [0.5, 0.6) is 0 Å². The number of ether oxygens (including phenoxy) is 1. The first-order valence-electron chi connectivity index (χ1n) is 3.34. The molecule has 1 aliphatic heterocycles. The number of hydrogen-bond donors (Lipinski definition) is 0. The minimum Gasteiger partial charge on any atom is -0.368 e. The molecular formula is C8H6BrClO. The van der Waals surface area contributed by atoms with Gasteiger partial charge in [0, 0.05) is 4.47 Å². The molecule has 0 amide bonds. The van der Waals surface area contributed by atoms with Crippen LogP contribution < -0.4 is 0 Å². The van der Waals surface area contributed by atoms with Crippen molar-refractivity contribution in [2.45, 2.75) is 6.10 Å². The average molecular weight is 233 g/mol. The molecule has 1 unspecified atom stereocenters. The van der Waals surface area contributed by atoms with Crippen LogP contribution in [0.15, 0.2) is 22.7 Å². The lowest BCUT2D eigenvalue weighted by molar-refractivity contribution is 0.415. The maximum Gasteiger partial charge on any atom is 0.106 e. The highest BCUT2D eigenvalue weighted by Crippen LogP contribution is 2.33. The van der Waals surface area contributed by atoms with Crippen LogP contribution >= 0.6 is 27.5 Å². The molecule has 1 atom stereocenters. The molecule has 0 spiro atoms. The van der Waals surface area contributed by atoms with Crippen molar-refractivity contribution in [3.63, 3.8) is 0 Å². The van der Waals surface area contributed by atoms with E-state index in [1.807, 2.05) is 18.2 Å². The van der Waals surface area contributed by atoms with Gasteiger partial charge in [0.25, 0.3) is 0 Å². The second-order valence-corrected chi connectivity index (χ2v) is 3.76. The van der Waals surface area contributed by atoms with Gasteiger partial charge in [-0.25, -0.2) is 0 Å². The summed E-state index contributed by atoms with van der Waals surface area (Å²) in [6, 6.07) is 5.87. The summed E-state index contributed by atoms with van der Waals surface area (Å²) < 4.78 is 6.06. The van der Waals surface area contributed by atoms with Crippen LogP contribution in [0, 0.1) is 0 Å². The van der Waals surface area contributed by atoms with E-state index in [1.54, 1.807) is 0 Å². The zero-order chi connectivity index (χ0) is 7.84. The predicted molar refractivity (Wildman–Crippen MR) is 47.8 cm³/mol. The topological polar surface area (TPSA) is 12.5 Å². The predicted octanol–water partition coefficient (Wildman–Crippen LogP) is 3.17. The molecule has 1 saturated heterocycles. The molecule has 2 rings (SSSR count). The van der Waals surface area contributed by atoms with Crippen molar-refractivity contribution in [2.75, 3.05) is 6.61 Å². The van der Waals surface area contributed by atoms with Crippen molar-refractivity contribution in [3.8, 4) is 0 Å². The third kappa shape index (κ3) is 1.58. The number of halogens is 2. The Balaban J connectivity index is 2.36. The van der Waals surface area contributed by atoms with Crippen molar-refractivity contribution in [1.82, 2.24) is 0 Å². The molecule has 3 heteroatoms. The van der Waals surface area contributed by atoms with Crippen LogP contribution in [0.1, 0.15) is 11.7 Å². The third-order valence-corrected chi connectivity index (χ3v) is 2.86. The van der Waals surface area contributed by atoms with Gasteiger partial charge >= 0.3 is 0 Å². The van der Waals surface area contributed by atoms with Crippen LogP contribution in [-0.2, 0) is 4.74 Å². The molecule has 1 aromatic rings. The summed E-state index contributed by atoms with van der Waals surface area (Å²) in [4.78, 5) is 0. The smallest absolute Gasteiger partial charge is 0.106 e.